The normalized spacial score (nSPS) is 13.9. The Hall–Kier alpha value is -4.00. The van der Waals surface area contributed by atoms with Crippen molar-refractivity contribution in [3.63, 3.8) is 0 Å². The largest absolute Gasteiger partial charge is 0.368 e. The van der Waals surface area contributed by atoms with E-state index in [0.29, 0.717) is 42.9 Å². The minimum Gasteiger partial charge on any atom is -0.368 e. The molecule has 1 aliphatic heterocycles. The van der Waals surface area contributed by atoms with Crippen molar-refractivity contribution in [2.75, 3.05) is 31.1 Å². The van der Waals surface area contributed by atoms with Crippen LogP contribution in [0.5, 0.6) is 0 Å². The third kappa shape index (κ3) is 4.29. The average molecular weight is 457 g/mol. The highest BCUT2D eigenvalue weighted by Gasteiger charge is 2.23. The molecule has 1 saturated heterocycles. The Morgan fingerprint density at radius 3 is 2.41 bits per heavy atom. The summed E-state index contributed by atoms with van der Waals surface area (Å²) in [5.41, 5.74) is 3.18. The van der Waals surface area contributed by atoms with Crippen LogP contribution < -0.4 is 10.5 Å². The van der Waals surface area contributed by atoms with Gasteiger partial charge in [-0.1, -0.05) is 35.9 Å². The molecular formula is C27H25FN4O2. The molecule has 0 spiro atoms. The summed E-state index contributed by atoms with van der Waals surface area (Å²) in [4.78, 5) is 35.3. The number of anilines is 1. The zero-order valence-corrected chi connectivity index (χ0v) is 18.9. The second-order valence-corrected chi connectivity index (χ2v) is 8.56. The van der Waals surface area contributed by atoms with E-state index in [1.165, 1.54) is 16.7 Å². The highest BCUT2D eigenvalue weighted by Crippen LogP contribution is 2.21. The summed E-state index contributed by atoms with van der Waals surface area (Å²) >= 11 is 0. The third-order valence-electron chi connectivity index (χ3n) is 6.26. The van der Waals surface area contributed by atoms with Gasteiger partial charge in [-0.2, -0.15) is 0 Å². The second-order valence-electron chi connectivity index (χ2n) is 8.56. The van der Waals surface area contributed by atoms with Crippen LogP contribution in [0, 0.1) is 12.7 Å². The van der Waals surface area contributed by atoms with Gasteiger partial charge < -0.3 is 9.80 Å². The predicted octanol–water partition coefficient (Wildman–Crippen LogP) is 3.86. The lowest BCUT2D eigenvalue weighted by Crippen LogP contribution is -2.50. The van der Waals surface area contributed by atoms with Gasteiger partial charge in [0.25, 0.3) is 5.56 Å². The number of aryl methyl sites for hydroxylation is 1. The molecule has 4 aromatic rings. The molecule has 0 aliphatic carbocycles. The molecule has 3 aromatic carbocycles. The van der Waals surface area contributed by atoms with E-state index in [4.69, 9.17) is 4.98 Å². The van der Waals surface area contributed by atoms with E-state index in [1.54, 1.807) is 29.2 Å². The Bertz CT molecular complexity index is 1410. The lowest BCUT2D eigenvalue weighted by atomic mass is 10.1. The molecule has 172 valence electrons. The molecule has 1 aromatic heterocycles. The number of halogens is 1. The van der Waals surface area contributed by atoms with Crippen LogP contribution in [0.3, 0.4) is 0 Å². The number of rotatable bonds is 4. The third-order valence-corrected chi connectivity index (χ3v) is 6.26. The Morgan fingerprint density at radius 2 is 1.68 bits per heavy atom. The van der Waals surface area contributed by atoms with Gasteiger partial charge in [-0.05, 0) is 49.4 Å². The lowest BCUT2D eigenvalue weighted by Gasteiger charge is -2.36. The molecule has 0 atom stereocenters. The standard InChI is InChI=1S/C27H25FN4O2/c1-19-5-4-6-20(17-19)26-29-24-8-3-2-7-23(24)27(34)32(26)18-25(33)31-15-13-30(14-16-31)22-11-9-21(28)10-12-22/h2-12,17H,13-16,18H2,1H3. The van der Waals surface area contributed by atoms with E-state index >= 15 is 0 Å². The van der Waals surface area contributed by atoms with E-state index in [1.807, 2.05) is 43.3 Å². The number of benzene rings is 3. The van der Waals surface area contributed by atoms with Crippen LogP contribution in [-0.2, 0) is 11.3 Å². The molecule has 0 saturated carbocycles. The van der Waals surface area contributed by atoms with Crippen LogP contribution in [-0.4, -0.2) is 46.5 Å². The summed E-state index contributed by atoms with van der Waals surface area (Å²) in [6.07, 6.45) is 0. The SMILES string of the molecule is Cc1cccc(-c2nc3ccccc3c(=O)n2CC(=O)N2CCN(c3ccc(F)cc3)CC2)c1. The number of carbonyl (C=O) groups is 1. The van der Waals surface area contributed by atoms with Crippen molar-refractivity contribution in [2.45, 2.75) is 13.5 Å². The number of hydrogen-bond acceptors (Lipinski definition) is 4. The smallest absolute Gasteiger partial charge is 0.262 e. The first-order chi connectivity index (χ1) is 16.5. The predicted molar refractivity (Wildman–Crippen MR) is 131 cm³/mol. The Labute approximate surface area is 196 Å². The molecule has 0 unspecified atom stereocenters. The van der Waals surface area contributed by atoms with Gasteiger partial charge in [0.2, 0.25) is 5.91 Å². The number of aromatic nitrogens is 2. The first kappa shape index (κ1) is 21.8. The molecular weight excluding hydrogens is 431 g/mol. The van der Waals surface area contributed by atoms with Crippen LogP contribution in [0.4, 0.5) is 10.1 Å². The van der Waals surface area contributed by atoms with Crippen LogP contribution >= 0.6 is 0 Å². The highest BCUT2D eigenvalue weighted by molar-refractivity contribution is 5.82. The van der Waals surface area contributed by atoms with E-state index in [2.05, 4.69) is 4.90 Å². The topological polar surface area (TPSA) is 58.4 Å². The number of nitrogens with zero attached hydrogens (tertiary/aromatic N) is 4. The fraction of sp³-hybridized carbons (Fsp3) is 0.222. The Morgan fingerprint density at radius 1 is 0.941 bits per heavy atom. The number of para-hydroxylation sites is 1. The summed E-state index contributed by atoms with van der Waals surface area (Å²) < 4.78 is 14.7. The Balaban J connectivity index is 1.41. The van der Waals surface area contributed by atoms with Crippen LogP contribution in [0.15, 0.2) is 77.6 Å². The highest BCUT2D eigenvalue weighted by atomic mass is 19.1. The van der Waals surface area contributed by atoms with E-state index in [0.717, 1.165) is 16.8 Å². The molecule has 2 heterocycles. The van der Waals surface area contributed by atoms with Gasteiger partial charge in [0.15, 0.2) is 0 Å². The number of carbonyl (C=O) groups excluding carboxylic acids is 1. The summed E-state index contributed by atoms with van der Waals surface area (Å²) in [6.45, 7) is 4.27. The quantitative estimate of drug-likeness (QED) is 0.468. The van der Waals surface area contributed by atoms with Crippen molar-refractivity contribution in [3.05, 3.63) is 94.5 Å². The second kappa shape index (κ2) is 9.09. The van der Waals surface area contributed by atoms with Gasteiger partial charge in [-0.15, -0.1) is 0 Å². The molecule has 0 radical (unpaired) electrons. The number of amides is 1. The van der Waals surface area contributed by atoms with E-state index in [-0.39, 0.29) is 23.8 Å². The monoisotopic (exact) mass is 456 g/mol. The lowest BCUT2D eigenvalue weighted by molar-refractivity contribution is -0.132. The molecule has 0 N–H and O–H groups in total. The fourth-order valence-corrected chi connectivity index (χ4v) is 4.42. The van der Waals surface area contributed by atoms with Crippen LogP contribution in [0.2, 0.25) is 0 Å². The van der Waals surface area contributed by atoms with Gasteiger partial charge in [0, 0.05) is 37.4 Å². The van der Waals surface area contributed by atoms with Gasteiger partial charge >= 0.3 is 0 Å². The summed E-state index contributed by atoms with van der Waals surface area (Å²) in [5.74, 6) is 0.106. The minimum atomic E-state index is -0.267. The maximum absolute atomic E-state index is 13.4. The van der Waals surface area contributed by atoms with Crippen molar-refractivity contribution >= 4 is 22.5 Å². The van der Waals surface area contributed by atoms with Gasteiger partial charge in [-0.25, -0.2) is 9.37 Å². The van der Waals surface area contributed by atoms with Gasteiger partial charge in [-0.3, -0.25) is 14.2 Å². The van der Waals surface area contributed by atoms with E-state index < -0.39 is 0 Å². The number of fused-ring (bicyclic) bond motifs is 1. The number of hydrogen-bond donors (Lipinski definition) is 0. The minimum absolute atomic E-state index is 0.0729. The van der Waals surface area contributed by atoms with Crippen molar-refractivity contribution in [2.24, 2.45) is 0 Å². The zero-order chi connectivity index (χ0) is 23.7. The average Bonchev–Trinajstić information content (AvgIpc) is 2.86. The van der Waals surface area contributed by atoms with Crippen molar-refractivity contribution in [1.82, 2.24) is 14.5 Å². The summed E-state index contributed by atoms with van der Waals surface area (Å²) in [5, 5.41) is 0.493. The Kier molecular flexibility index (Phi) is 5.84. The summed E-state index contributed by atoms with van der Waals surface area (Å²) in [7, 11) is 0. The maximum atomic E-state index is 13.4. The van der Waals surface area contributed by atoms with E-state index in [9.17, 15) is 14.0 Å². The molecule has 7 heteroatoms. The zero-order valence-electron chi connectivity index (χ0n) is 18.9. The molecule has 1 fully saturated rings. The molecule has 0 bridgehead atoms. The first-order valence-electron chi connectivity index (χ1n) is 11.3. The molecule has 1 amide bonds. The van der Waals surface area contributed by atoms with Gasteiger partial charge in [0.05, 0.1) is 10.9 Å². The molecule has 1 aliphatic rings. The van der Waals surface area contributed by atoms with Crippen LogP contribution in [0.25, 0.3) is 22.3 Å². The summed E-state index contributed by atoms with van der Waals surface area (Å²) in [6, 6.07) is 21.4. The molecule has 6 nitrogen and oxygen atoms in total. The fourth-order valence-electron chi connectivity index (χ4n) is 4.42. The van der Waals surface area contributed by atoms with Crippen molar-refractivity contribution in [3.8, 4) is 11.4 Å². The molecule has 34 heavy (non-hydrogen) atoms. The van der Waals surface area contributed by atoms with Crippen molar-refractivity contribution in [1.29, 1.82) is 0 Å². The number of piperazine rings is 1. The van der Waals surface area contributed by atoms with Gasteiger partial charge in [0.1, 0.15) is 18.2 Å². The molecule has 5 rings (SSSR count). The first-order valence-corrected chi connectivity index (χ1v) is 11.3. The van der Waals surface area contributed by atoms with Crippen molar-refractivity contribution < 1.29 is 9.18 Å². The maximum Gasteiger partial charge on any atom is 0.262 e. The van der Waals surface area contributed by atoms with Crippen LogP contribution in [0.1, 0.15) is 5.56 Å².